The van der Waals surface area contributed by atoms with Gasteiger partial charge in [-0.2, -0.15) is 5.10 Å². The van der Waals surface area contributed by atoms with E-state index in [0.717, 1.165) is 43.1 Å². The highest BCUT2D eigenvalue weighted by molar-refractivity contribution is 5.59. The fraction of sp³-hybridized carbons (Fsp3) is 0.316. The fourth-order valence-electron chi connectivity index (χ4n) is 3.27. The summed E-state index contributed by atoms with van der Waals surface area (Å²) in [6.07, 6.45) is 3.57. The Morgan fingerprint density at radius 1 is 1.12 bits per heavy atom. The third-order valence-electron chi connectivity index (χ3n) is 4.66. The average molecular weight is 337 g/mol. The van der Waals surface area contributed by atoms with Crippen molar-refractivity contribution in [1.29, 1.82) is 0 Å². The van der Waals surface area contributed by atoms with Gasteiger partial charge in [0.25, 0.3) is 0 Å². The molecule has 1 aliphatic heterocycles. The standard InChI is InChI=1S/C19H20FN5/c1-14-18-13-24(12-15-5-6-16(10-20)22-11-15)8-9-25(18)23-19(14)17-4-2-3-7-21-17/h2-7,11H,8-10,12-13H2,1H3. The van der Waals surface area contributed by atoms with Gasteiger partial charge in [-0.25, -0.2) is 4.39 Å². The molecule has 3 aromatic rings. The number of halogens is 1. The van der Waals surface area contributed by atoms with Gasteiger partial charge in [0.2, 0.25) is 0 Å². The van der Waals surface area contributed by atoms with E-state index in [-0.39, 0.29) is 0 Å². The molecule has 0 aliphatic carbocycles. The maximum absolute atomic E-state index is 12.6. The monoisotopic (exact) mass is 337 g/mol. The number of hydrogen-bond donors (Lipinski definition) is 0. The highest BCUT2D eigenvalue weighted by atomic mass is 19.1. The maximum atomic E-state index is 12.6. The van der Waals surface area contributed by atoms with Crippen LogP contribution in [0.2, 0.25) is 0 Å². The van der Waals surface area contributed by atoms with Crippen molar-refractivity contribution in [1.82, 2.24) is 24.6 Å². The Bertz CT molecular complexity index is 858. The van der Waals surface area contributed by atoms with Crippen molar-refractivity contribution in [2.75, 3.05) is 6.54 Å². The van der Waals surface area contributed by atoms with Gasteiger partial charge in [0.15, 0.2) is 0 Å². The molecular formula is C19H20FN5. The molecule has 0 atom stereocenters. The number of alkyl halides is 1. The molecule has 5 nitrogen and oxygen atoms in total. The first-order valence-electron chi connectivity index (χ1n) is 8.44. The predicted octanol–water partition coefficient (Wildman–Crippen LogP) is 3.13. The minimum absolute atomic E-state index is 0.483. The second kappa shape index (κ2) is 6.72. The van der Waals surface area contributed by atoms with Gasteiger partial charge < -0.3 is 0 Å². The van der Waals surface area contributed by atoms with Crippen LogP contribution in [-0.2, 0) is 26.3 Å². The van der Waals surface area contributed by atoms with Crippen LogP contribution in [-0.4, -0.2) is 31.2 Å². The summed E-state index contributed by atoms with van der Waals surface area (Å²) >= 11 is 0. The third kappa shape index (κ3) is 3.17. The summed E-state index contributed by atoms with van der Waals surface area (Å²) in [5, 5.41) is 4.76. The van der Waals surface area contributed by atoms with Crippen LogP contribution >= 0.6 is 0 Å². The minimum atomic E-state index is -0.515. The Balaban J connectivity index is 1.53. The van der Waals surface area contributed by atoms with Crippen LogP contribution in [0.1, 0.15) is 22.5 Å². The summed E-state index contributed by atoms with van der Waals surface area (Å²) in [5.41, 5.74) is 5.89. The lowest BCUT2D eigenvalue weighted by Crippen LogP contribution is -2.33. The van der Waals surface area contributed by atoms with E-state index in [0.29, 0.717) is 5.69 Å². The van der Waals surface area contributed by atoms with Crippen LogP contribution in [0.15, 0.2) is 42.7 Å². The van der Waals surface area contributed by atoms with Gasteiger partial charge in [-0.3, -0.25) is 19.5 Å². The molecule has 0 saturated carbocycles. The lowest BCUT2D eigenvalue weighted by atomic mass is 10.1. The molecule has 0 N–H and O–H groups in total. The van der Waals surface area contributed by atoms with Gasteiger partial charge in [-0.05, 0) is 30.7 Å². The van der Waals surface area contributed by atoms with Crippen LogP contribution in [0.4, 0.5) is 4.39 Å². The molecule has 4 heterocycles. The number of nitrogens with zero attached hydrogens (tertiary/aromatic N) is 5. The quantitative estimate of drug-likeness (QED) is 0.734. The summed E-state index contributed by atoms with van der Waals surface area (Å²) in [5.74, 6) is 0. The fourth-order valence-corrected chi connectivity index (χ4v) is 3.27. The molecule has 4 rings (SSSR count). The van der Waals surface area contributed by atoms with Gasteiger partial charge in [0.1, 0.15) is 12.4 Å². The molecule has 0 unspecified atom stereocenters. The van der Waals surface area contributed by atoms with Crippen molar-refractivity contribution in [3.05, 3.63) is 65.2 Å². The highest BCUT2D eigenvalue weighted by Crippen LogP contribution is 2.26. The van der Waals surface area contributed by atoms with Gasteiger partial charge in [0, 0.05) is 37.6 Å². The average Bonchev–Trinajstić information content (AvgIpc) is 2.99. The Hall–Kier alpha value is -2.60. The summed E-state index contributed by atoms with van der Waals surface area (Å²) in [4.78, 5) is 10.9. The van der Waals surface area contributed by atoms with Gasteiger partial charge >= 0.3 is 0 Å². The molecular weight excluding hydrogens is 317 g/mol. The molecule has 6 heteroatoms. The zero-order chi connectivity index (χ0) is 17.2. The van der Waals surface area contributed by atoms with Gasteiger partial charge in [-0.15, -0.1) is 0 Å². The van der Waals surface area contributed by atoms with Crippen LogP contribution < -0.4 is 0 Å². The molecule has 25 heavy (non-hydrogen) atoms. The van der Waals surface area contributed by atoms with E-state index in [9.17, 15) is 4.39 Å². The molecule has 0 amide bonds. The van der Waals surface area contributed by atoms with Crippen LogP contribution in [0, 0.1) is 6.92 Å². The summed E-state index contributed by atoms with van der Waals surface area (Å²) in [6, 6.07) is 9.62. The van der Waals surface area contributed by atoms with E-state index in [1.807, 2.05) is 24.3 Å². The number of rotatable bonds is 4. The molecule has 128 valence electrons. The van der Waals surface area contributed by atoms with E-state index in [2.05, 4.69) is 26.5 Å². The summed E-state index contributed by atoms with van der Waals surface area (Å²) < 4.78 is 14.7. The predicted molar refractivity (Wildman–Crippen MR) is 93.4 cm³/mol. The second-order valence-electron chi connectivity index (χ2n) is 6.36. The lowest BCUT2D eigenvalue weighted by Gasteiger charge is -2.28. The van der Waals surface area contributed by atoms with Crippen molar-refractivity contribution in [2.45, 2.75) is 33.2 Å². The van der Waals surface area contributed by atoms with E-state index in [4.69, 9.17) is 5.10 Å². The highest BCUT2D eigenvalue weighted by Gasteiger charge is 2.23. The smallest absolute Gasteiger partial charge is 0.131 e. The molecule has 1 aliphatic rings. The zero-order valence-corrected chi connectivity index (χ0v) is 14.2. The summed E-state index contributed by atoms with van der Waals surface area (Å²) in [6.45, 7) is 5.04. The van der Waals surface area contributed by atoms with Crippen LogP contribution in [0.25, 0.3) is 11.4 Å². The molecule has 0 aromatic carbocycles. The van der Waals surface area contributed by atoms with Crippen LogP contribution in [0.5, 0.6) is 0 Å². The van der Waals surface area contributed by atoms with E-state index >= 15 is 0 Å². The normalized spacial score (nSPS) is 14.5. The Kier molecular flexibility index (Phi) is 4.28. The number of pyridine rings is 2. The molecule has 0 spiro atoms. The topological polar surface area (TPSA) is 46.8 Å². The van der Waals surface area contributed by atoms with Crippen molar-refractivity contribution in [2.24, 2.45) is 0 Å². The molecule has 0 fully saturated rings. The number of hydrogen-bond acceptors (Lipinski definition) is 4. The largest absolute Gasteiger partial charge is 0.291 e. The van der Waals surface area contributed by atoms with E-state index in [1.54, 1.807) is 18.5 Å². The molecule has 0 bridgehead atoms. The van der Waals surface area contributed by atoms with E-state index < -0.39 is 6.67 Å². The minimum Gasteiger partial charge on any atom is -0.291 e. The first-order valence-corrected chi connectivity index (χ1v) is 8.44. The van der Waals surface area contributed by atoms with Crippen LogP contribution in [0.3, 0.4) is 0 Å². The van der Waals surface area contributed by atoms with Gasteiger partial charge in [-0.1, -0.05) is 12.1 Å². The number of aromatic nitrogens is 4. The Morgan fingerprint density at radius 2 is 2.04 bits per heavy atom. The third-order valence-corrected chi connectivity index (χ3v) is 4.66. The van der Waals surface area contributed by atoms with Crippen molar-refractivity contribution in [3.63, 3.8) is 0 Å². The van der Waals surface area contributed by atoms with Gasteiger partial charge in [0.05, 0.1) is 23.6 Å². The first kappa shape index (κ1) is 15.9. The molecule has 3 aromatic heterocycles. The van der Waals surface area contributed by atoms with Crippen molar-refractivity contribution in [3.8, 4) is 11.4 Å². The zero-order valence-electron chi connectivity index (χ0n) is 14.2. The summed E-state index contributed by atoms with van der Waals surface area (Å²) in [7, 11) is 0. The lowest BCUT2D eigenvalue weighted by molar-refractivity contribution is 0.204. The Labute approximate surface area is 146 Å². The molecule has 0 radical (unpaired) electrons. The SMILES string of the molecule is Cc1c(-c2ccccn2)nn2c1CN(Cc1ccc(CF)nc1)CC2. The van der Waals surface area contributed by atoms with E-state index in [1.165, 1.54) is 11.3 Å². The Morgan fingerprint density at radius 3 is 2.76 bits per heavy atom. The maximum Gasteiger partial charge on any atom is 0.131 e. The van der Waals surface area contributed by atoms with Crippen molar-refractivity contribution < 1.29 is 4.39 Å². The first-order chi connectivity index (χ1) is 12.2. The number of fused-ring (bicyclic) bond motifs is 1. The molecule has 0 saturated heterocycles. The van der Waals surface area contributed by atoms with Crippen molar-refractivity contribution >= 4 is 0 Å². The second-order valence-corrected chi connectivity index (χ2v) is 6.36.